The van der Waals surface area contributed by atoms with Crippen molar-refractivity contribution >= 4 is 45.7 Å². The number of morpholine rings is 1. The van der Waals surface area contributed by atoms with Gasteiger partial charge >= 0.3 is 0 Å². The van der Waals surface area contributed by atoms with Crippen LogP contribution in [-0.4, -0.2) is 61.1 Å². The first-order valence-corrected chi connectivity index (χ1v) is 11.9. The van der Waals surface area contributed by atoms with Gasteiger partial charge in [0.15, 0.2) is 4.34 Å². The molecule has 9 nitrogen and oxygen atoms in total. The first-order chi connectivity index (χ1) is 15.6. The molecule has 2 amide bonds. The Morgan fingerprint density at radius 2 is 2.00 bits per heavy atom. The molecule has 0 aliphatic carbocycles. The van der Waals surface area contributed by atoms with Crippen LogP contribution in [0.15, 0.2) is 51.4 Å². The normalized spacial score (nSPS) is 13.7. The summed E-state index contributed by atoms with van der Waals surface area (Å²) in [5, 5.41) is 12.1. The van der Waals surface area contributed by atoms with E-state index in [1.54, 1.807) is 49.7 Å². The summed E-state index contributed by atoms with van der Waals surface area (Å²) in [6.45, 7) is 3.22. The van der Waals surface area contributed by atoms with Gasteiger partial charge in [-0.2, -0.15) is 0 Å². The van der Waals surface area contributed by atoms with Gasteiger partial charge in [0.1, 0.15) is 5.76 Å². The Morgan fingerprint density at radius 3 is 2.78 bits per heavy atom. The van der Waals surface area contributed by atoms with E-state index in [0.29, 0.717) is 30.2 Å². The molecule has 0 saturated carbocycles. The molecule has 1 aliphatic rings. The first kappa shape index (κ1) is 22.3. The summed E-state index contributed by atoms with van der Waals surface area (Å²) in [6.07, 6.45) is 1.56. The Kier molecular flexibility index (Phi) is 7.40. The molecule has 0 spiro atoms. The molecule has 1 aliphatic heterocycles. The van der Waals surface area contributed by atoms with E-state index in [9.17, 15) is 9.59 Å². The smallest absolute Gasteiger partial charge is 0.253 e. The molecule has 1 fully saturated rings. The van der Waals surface area contributed by atoms with E-state index in [2.05, 4.69) is 20.4 Å². The third-order valence-corrected chi connectivity index (χ3v) is 6.99. The summed E-state index contributed by atoms with van der Waals surface area (Å²) < 4.78 is 11.3. The average molecular weight is 474 g/mol. The Balaban J connectivity index is 1.35. The lowest BCUT2D eigenvalue weighted by atomic mass is 10.1. The van der Waals surface area contributed by atoms with Crippen LogP contribution in [0.3, 0.4) is 0 Å². The molecule has 4 rings (SSSR count). The minimum Gasteiger partial charge on any atom is -0.467 e. The predicted molar refractivity (Wildman–Crippen MR) is 123 cm³/mol. The van der Waals surface area contributed by atoms with Gasteiger partial charge in [0, 0.05) is 20.1 Å². The largest absolute Gasteiger partial charge is 0.467 e. The van der Waals surface area contributed by atoms with E-state index in [1.165, 1.54) is 28.0 Å². The molecule has 168 valence electrons. The molecular weight excluding hydrogens is 450 g/mol. The topological polar surface area (TPSA) is 101 Å². The average Bonchev–Trinajstić information content (AvgIpc) is 3.53. The maximum Gasteiger partial charge on any atom is 0.253 e. The predicted octanol–water partition coefficient (Wildman–Crippen LogP) is 2.65. The zero-order valence-electron chi connectivity index (χ0n) is 17.5. The molecule has 2 aromatic heterocycles. The maximum atomic E-state index is 12.8. The van der Waals surface area contributed by atoms with E-state index in [1.807, 2.05) is 0 Å². The van der Waals surface area contributed by atoms with E-state index < -0.39 is 0 Å². The number of anilines is 2. The Bertz CT molecular complexity index is 1050. The zero-order chi connectivity index (χ0) is 22.3. The highest BCUT2D eigenvalue weighted by molar-refractivity contribution is 8.01. The van der Waals surface area contributed by atoms with Crippen molar-refractivity contribution in [3.63, 3.8) is 0 Å². The molecule has 1 saturated heterocycles. The van der Waals surface area contributed by atoms with Crippen LogP contribution in [0, 0.1) is 0 Å². The van der Waals surface area contributed by atoms with Crippen molar-refractivity contribution in [1.29, 1.82) is 0 Å². The van der Waals surface area contributed by atoms with Crippen LogP contribution in [0.1, 0.15) is 16.1 Å². The lowest BCUT2D eigenvalue weighted by Gasteiger charge is -2.25. The van der Waals surface area contributed by atoms with Gasteiger partial charge in [-0.3, -0.25) is 9.59 Å². The molecule has 1 N–H and O–H groups in total. The molecule has 0 radical (unpaired) electrons. The number of rotatable bonds is 8. The van der Waals surface area contributed by atoms with Crippen LogP contribution in [-0.2, 0) is 16.1 Å². The van der Waals surface area contributed by atoms with Crippen LogP contribution < -0.4 is 15.1 Å². The standard InChI is InChI=1S/C21H23N5O4S2/c1-25(17-7-3-2-6-16(17)19(28)22-13-15-5-4-10-30-15)18(27)14-31-21-24-23-20(32-21)26-8-11-29-12-9-26/h2-7,10H,8-9,11-14H2,1H3,(H,22,28). The SMILES string of the molecule is CN(C(=O)CSc1nnc(N2CCOCC2)s1)c1ccccc1C(=O)NCc1ccco1. The fraction of sp³-hybridized carbons (Fsp3) is 0.333. The molecule has 0 unspecified atom stereocenters. The van der Waals surface area contributed by atoms with E-state index in [4.69, 9.17) is 9.15 Å². The van der Waals surface area contributed by atoms with Crippen molar-refractivity contribution in [1.82, 2.24) is 15.5 Å². The number of aromatic nitrogens is 2. The van der Waals surface area contributed by atoms with Gasteiger partial charge in [-0.15, -0.1) is 10.2 Å². The number of carbonyl (C=O) groups excluding carboxylic acids is 2. The summed E-state index contributed by atoms with van der Waals surface area (Å²) in [5.41, 5.74) is 0.965. The number of nitrogens with one attached hydrogen (secondary N) is 1. The number of amides is 2. The number of hydrogen-bond donors (Lipinski definition) is 1. The second kappa shape index (κ2) is 10.6. The molecule has 0 atom stereocenters. The number of hydrogen-bond acceptors (Lipinski definition) is 9. The second-order valence-electron chi connectivity index (χ2n) is 6.97. The third kappa shape index (κ3) is 5.47. The van der Waals surface area contributed by atoms with Gasteiger partial charge in [-0.05, 0) is 24.3 Å². The number of para-hydroxylation sites is 1. The maximum absolute atomic E-state index is 12.8. The lowest BCUT2D eigenvalue weighted by Crippen LogP contribution is -2.36. The minimum atomic E-state index is -0.274. The Morgan fingerprint density at radius 1 is 1.19 bits per heavy atom. The number of benzene rings is 1. The van der Waals surface area contributed by atoms with Gasteiger partial charge in [-0.1, -0.05) is 35.2 Å². The number of carbonyl (C=O) groups is 2. The fourth-order valence-electron chi connectivity index (χ4n) is 3.13. The summed E-state index contributed by atoms with van der Waals surface area (Å²) in [7, 11) is 1.67. The fourth-order valence-corrected chi connectivity index (χ4v) is 4.94. The first-order valence-electron chi connectivity index (χ1n) is 10.1. The number of thioether (sulfide) groups is 1. The quantitative estimate of drug-likeness (QED) is 0.499. The highest BCUT2D eigenvalue weighted by Gasteiger charge is 2.20. The van der Waals surface area contributed by atoms with Gasteiger partial charge < -0.3 is 24.3 Å². The van der Waals surface area contributed by atoms with Crippen molar-refractivity contribution < 1.29 is 18.7 Å². The molecule has 32 heavy (non-hydrogen) atoms. The van der Waals surface area contributed by atoms with E-state index in [-0.39, 0.29) is 24.1 Å². The van der Waals surface area contributed by atoms with Crippen molar-refractivity contribution in [2.24, 2.45) is 0 Å². The molecule has 3 heterocycles. The van der Waals surface area contributed by atoms with Gasteiger partial charge in [0.05, 0.1) is 43.0 Å². The Labute approximate surface area is 193 Å². The molecule has 1 aromatic carbocycles. The molecule has 3 aromatic rings. The summed E-state index contributed by atoms with van der Waals surface area (Å²) in [4.78, 5) is 29.2. The van der Waals surface area contributed by atoms with E-state index >= 15 is 0 Å². The van der Waals surface area contributed by atoms with Crippen LogP contribution in [0.5, 0.6) is 0 Å². The Hall–Kier alpha value is -2.89. The minimum absolute atomic E-state index is 0.135. The van der Waals surface area contributed by atoms with Crippen molar-refractivity contribution in [3.8, 4) is 0 Å². The van der Waals surface area contributed by atoms with Crippen molar-refractivity contribution in [2.45, 2.75) is 10.9 Å². The lowest BCUT2D eigenvalue weighted by molar-refractivity contribution is -0.115. The summed E-state index contributed by atoms with van der Waals surface area (Å²) in [5.74, 6) is 0.439. The van der Waals surface area contributed by atoms with Gasteiger partial charge in [-0.25, -0.2) is 0 Å². The summed E-state index contributed by atoms with van der Waals surface area (Å²) >= 11 is 2.81. The van der Waals surface area contributed by atoms with Crippen molar-refractivity contribution in [3.05, 3.63) is 54.0 Å². The number of furan rings is 1. The van der Waals surface area contributed by atoms with E-state index in [0.717, 1.165) is 22.6 Å². The zero-order valence-corrected chi connectivity index (χ0v) is 19.2. The highest BCUT2D eigenvalue weighted by Crippen LogP contribution is 2.29. The molecular formula is C21H23N5O4S2. The second-order valence-corrected chi connectivity index (χ2v) is 9.15. The van der Waals surface area contributed by atoms with Gasteiger partial charge in [0.2, 0.25) is 11.0 Å². The monoisotopic (exact) mass is 473 g/mol. The highest BCUT2D eigenvalue weighted by atomic mass is 32.2. The molecule has 0 bridgehead atoms. The van der Waals surface area contributed by atoms with Crippen LogP contribution >= 0.6 is 23.1 Å². The van der Waals surface area contributed by atoms with Gasteiger partial charge in [0.25, 0.3) is 5.91 Å². The van der Waals surface area contributed by atoms with Crippen LogP contribution in [0.2, 0.25) is 0 Å². The third-order valence-electron chi connectivity index (χ3n) is 4.88. The number of nitrogens with zero attached hydrogens (tertiary/aromatic N) is 4. The van der Waals surface area contributed by atoms with Crippen LogP contribution in [0.25, 0.3) is 0 Å². The van der Waals surface area contributed by atoms with Crippen LogP contribution in [0.4, 0.5) is 10.8 Å². The molecule has 11 heteroatoms. The van der Waals surface area contributed by atoms with Crippen molar-refractivity contribution in [2.75, 3.05) is 48.9 Å². The summed E-state index contributed by atoms with van der Waals surface area (Å²) in [6, 6.07) is 10.6. The number of ether oxygens (including phenoxy) is 1.